The minimum absolute atomic E-state index is 0.307. The Morgan fingerprint density at radius 2 is 1.68 bits per heavy atom. The van der Waals surface area contributed by atoms with Gasteiger partial charge in [-0.1, -0.05) is 48.5 Å². The van der Waals surface area contributed by atoms with E-state index in [1.165, 1.54) is 0 Å². The monoisotopic (exact) mass is 537 g/mol. The average Bonchev–Trinajstić information content (AvgIpc) is 2.78. The molecule has 7 heteroatoms. The van der Waals surface area contributed by atoms with Crippen molar-refractivity contribution in [1.29, 1.82) is 0 Å². The van der Waals surface area contributed by atoms with E-state index in [4.69, 9.17) is 9.72 Å². The minimum atomic E-state index is -0.307. The van der Waals surface area contributed by atoms with E-state index in [-0.39, 0.29) is 5.91 Å². The van der Waals surface area contributed by atoms with E-state index < -0.39 is 0 Å². The van der Waals surface area contributed by atoms with Gasteiger partial charge in [0, 0.05) is 10.9 Å². The van der Waals surface area contributed by atoms with Crippen LogP contribution >= 0.6 is 31.9 Å². The maximum Gasteiger partial charge on any atom is 0.272 e. The number of hydrogen-bond donors (Lipinski definition) is 1. The van der Waals surface area contributed by atoms with E-state index >= 15 is 0 Å². The highest BCUT2D eigenvalue weighted by atomic mass is 79.9. The normalized spacial score (nSPS) is 11.1. The van der Waals surface area contributed by atoms with E-state index in [1.54, 1.807) is 19.4 Å². The Morgan fingerprint density at radius 1 is 1.00 bits per heavy atom. The van der Waals surface area contributed by atoms with Crippen LogP contribution in [0.5, 0.6) is 5.75 Å². The zero-order valence-electron chi connectivity index (χ0n) is 16.5. The summed E-state index contributed by atoms with van der Waals surface area (Å²) in [5.41, 5.74) is 6.36. The fraction of sp³-hybridized carbons (Fsp3) is 0.0417. The van der Waals surface area contributed by atoms with E-state index in [1.807, 2.05) is 66.7 Å². The second-order valence-corrected chi connectivity index (χ2v) is 8.36. The van der Waals surface area contributed by atoms with Crippen molar-refractivity contribution in [3.63, 3.8) is 0 Å². The molecule has 0 spiro atoms. The third-order valence-electron chi connectivity index (χ3n) is 4.63. The second-order valence-electron chi connectivity index (χ2n) is 6.66. The molecule has 0 atom stereocenters. The van der Waals surface area contributed by atoms with Crippen LogP contribution in [0.4, 0.5) is 0 Å². The van der Waals surface area contributed by atoms with Gasteiger partial charge in [0.2, 0.25) is 0 Å². The molecule has 31 heavy (non-hydrogen) atoms. The molecular formula is C24H17Br2N3O2. The summed E-state index contributed by atoms with van der Waals surface area (Å²) in [5, 5.41) is 4.91. The predicted molar refractivity (Wildman–Crippen MR) is 131 cm³/mol. The van der Waals surface area contributed by atoms with Gasteiger partial charge in [-0.3, -0.25) is 4.79 Å². The summed E-state index contributed by atoms with van der Waals surface area (Å²) in [5.74, 6) is 0.386. The standard InChI is InChI=1S/C24H17Br2N3O2/c1-31-23-19(25)11-15(12-20(23)26)14-27-29-24(30)18-13-22(16-7-3-2-4-8-16)28-21-10-6-5-9-17(18)21/h2-14H,1H3,(H,29,30)/b27-14+. The van der Waals surface area contributed by atoms with Gasteiger partial charge in [0.15, 0.2) is 0 Å². The Bertz CT molecular complexity index is 1270. The number of nitrogens with one attached hydrogen (secondary N) is 1. The lowest BCUT2D eigenvalue weighted by atomic mass is 10.0. The fourth-order valence-electron chi connectivity index (χ4n) is 3.19. The number of nitrogens with zero attached hydrogens (tertiary/aromatic N) is 2. The van der Waals surface area contributed by atoms with Gasteiger partial charge in [0.1, 0.15) is 5.75 Å². The summed E-state index contributed by atoms with van der Waals surface area (Å²) in [6.45, 7) is 0. The molecule has 0 aliphatic carbocycles. The first-order chi connectivity index (χ1) is 15.1. The number of hydrazone groups is 1. The largest absolute Gasteiger partial charge is 0.494 e. The number of hydrogen-bond acceptors (Lipinski definition) is 4. The van der Waals surface area contributed by atoms with E-state index in [9.17, 15) is 4.79 Å². The lowest BCUT2D eigenvalue weighted by Gasteiger charge is -2.09. The Morgan fingerprint density at radius 3 is 2.39 bits per heavy atom. The van der Waals surface area contributed by atoms with Gasteiger partial charge >= 0.3 is 0 Å². The van der Waals surface area contributed by atoms with Crippen LogP contribution in [0.1, 0.15) is 15.9 Å². The van der Waals surface area contributed by atoms with E-state index in [0.717, 1.165) is 36.7 Å². The molecule has 4 aromatic rings. The zero-order valence-corrected chi connectivity index (χ0v) is 19.6. The number of halogens is 2. The smallest absolute Gasteiger partial charge is 0.272 e. The highest BCUT2D eigenvalue weighted by Gasteiger charge is 2.13. The molecule has 1 heterocycles. The maximum absolute atomic E-state index is 13.0. The van der Waals surface area contributed by atoms with Crippen LogP contribution < -0.4 is 10.2 Å². The summed E-state index contributed by atoms with van der Waals surface area (Å²) in [7, 11) is 1.60. The van der Waals surface area contributed by atoms with Crippen molar-refractivity contribution < 1.29 is 9.53 Å². The van der Waals surface area contributed by atoms with Crippen molar-refractivity contribution in [2.45, 2.75) is 0 Å². The molecule has 0 saturated heterocycles. The summed E-state index contributed by atoms with van der Waals surface area (Å²) in [4.78, 5) is 17.7. The van der Waals surface area contributed by atoms with Crippen LogP contribution in [-0.4, -0.2) is 24.2 Å². The average molecular weight is 539 g/mol. The summed E-state index contributed by atoms with van der Waals surface area (Å²) in [6.07, 6.45) is 1.58. The number of ether oxygens (including phenoxy) is 1. The van der Waals surface area contributed by atoms with Crippen LogP contribution in [0.25, 0.3) is 22.2 Å². The van der Waals surface area contributed by atoms with Crippen LogP contribution in [-0.2, 0) is 0 Å². The van der Waals surface area contributed by atoms with Gasteiger partial charge in [-0.15, -0.1) is 0 Å². The molecule has 4 rings (SSSR count). The number of rotatable bonds is 5. The van der Waals surface area contributed by atoms with Gasteiger partial charge in [-0.2, -0.15) is 5.10 Å². The molecule has 0 unspecified atom stereocenters. The van der Waals surface area contributed by atoms with Crippen molar-refractivity contribution in [1.82, 2.24) is 10.4 Å². The van der Waals surface area contributed by atoms with Gasteiger partial charge in [-0.05, 0) is 61.7 Å². The fourth-order valence-corrected chi connectivity index (χ4v) is 4.74. The SMILES string of the molecule is COc1c(Br)cc(/C=N/NC(=O)c2cc(-c3ccccc3)nc3ccccc23)cc1Br. The Labute approximate surface area is 196 Å². The number of carbonyl (C=O) groups is 1. The maximum atomic E-state index is 13.0. The van der Waals surface area contributed by atoms with Crippen molar-refractivity contribution >= 4 is 54.9 Å². The molecule has 0 aliphatic heterocycles. The topological polar surface area (TPSA) is 63.6 Å². The Balaban J connectivity index is 1.64. The van der Waals surface area contributed by atoms with Crippen molar-refractivity contribution in [3.05, 3.63) is 92.9 Å². The molecule has 1 amide bonds. The number of carbonyl (C=O) groups excluding carboxylic acids is 1. The van der Waals surface area contributed by atoms with Gasteiger partial charge in [0.05, 0.1) is 39.0 Å². The first-order valence-electron chi connectivity index (χ1n) is 9.38. The number of para-hydroxylation sites is 1. The summed E-state index contributed by atoms with van der Waals surface area (Å²) in [6, 6.07) is 22.9. The van der Waals surface area contributed by atoms with Crippen LogP contribution in [0.2, 0.25) is 0 Å². The van der Waals surface area contributed by atoms with Gasteiger partial charge < -0.3 is 4.74 Å². The highest BCUT2D eigenvalue weighted by molar-refractivity contribution is 9.11. The molecule has 0 aliphatic rings. The molecule has 3 aromatic carbocycles. The van der Waals surface area contributed by atoms with Gasteiger partial charge in [0.25, 0.3) is 5.91 Å². The number of fused-ring (bicyclic) bond motifs is 1. The number of amides is 1. The van der Waals surface area contributed by atoms with E-state index in [2.05, 4.69) is 42.4 Å². The molecule has 1 aromatic heterocycles. The Kier molecular flexibility index (Phi) is 6.44. The predicted octanol–water partition coefficient (Wildman–Crippen LogP) is 6.20. The van der Waals surface area contributed by atoms with Crippen LogP contribution in [0.15, 0.2) is 86.8 Å². The van der Waals surface area contributed by atoms with Crippen LogP contribution in [0, 0.1) is 0 Å². The van der Waals surface area contributed by atoms with Crippen molar-refractivity contribution in [2.24, 2.45) is 5.10 Å². The highest BCUT2D eigenvalue weighted by Crippen LogP contribution is 2.34. The number of methoxy groups -OCH3 is 1. The second kappa shape index (κ2) is 9.41. The summed E-state index contributed by atoms with van der Waals surface area (Å²) >= 11 is 6.92. The molecule has 154 valence electrons. The number of aromatic nitrogens is 1. The zero-order chi connectivity index (χ0) is 21.8. The Hall–Kier alpha value is -3.03. The van der Waals surface area contributed by atoms with Crippen molar-refractivity contribution in [3.8, 4) is 17.0 Å². The summed E-state index contributed by atoms with van der Waals surface area (Å²) < 4.78 is 6.87. The molecule has 0 fully saturated rings. The third-order valence-corrected chi connectivity index (χ3v) is 5.81. The molecular weight excluding hydrogens is 522 g/mol. The molecule has 0 bridgehead atoms. The van der Waals surface area contributed by atoms with Crippen molar-refractivity contribution in [2.75, 3.05) is 7.11 Å². The number of pyridine rings is 1. The first kappa shape index (κ1) is 21.2. The quantitative estimate of drug-likeness (QED) is 0.243. The van der Waals surface area contributed by atoms with Gasteiger partial charge in [-0.25, -0.2) is 10.4 Å². The lowest BCUT2D eigenvalue weighted by molar-refractivity contribution is 0.0956. The lowest BCUT2D eigenvalue weighted by Crippen LogP contribution is -2.18. The van der Waals surface area contributed by atoms with E-state index in [0.29, 0.717) is 11.3 Å². The number of benzene rings is 3. The molecule has 1 N–H and O–H groups in total. The first-order valence-corrected chi connectivity index (χ1v) is 11.0. The molecule has 0 radical (unpaired) electrons. The minimum Gasteiger partial charge on any atom is -0.494 e. The third kappa shape index (κ3) is 4.68. The van der Waals surface area contributed by atoms with Crippen LogP contribution in [0.3, 0.4) is 0 Å². The molecule has 5 nitrogen and oxygen atoms in total. The molecule has 0 saturated carbocycles.